The molecule has 3 aliphatic rings. The average molecular weight is 252 g/mol. The molecule has 3 fully saturated rings. The van der Waals surface area contributed by atoms with Crippen molar-refractivity contribution in [3.63, 3.8) is 0 Å². The van der Waals surface area contributed by atoms with Crippen LogP contribution >= 0.6 is 0 Å². The Labute approximate surface area is 109 Å². The van der Waals surface area contributed by atoms with Crippen LogP contribution in [0.5, 0.6) is 0 Å². The fourth-order valence-electron chi connectivity index (χ4n) is 3.42. The van der Waals surface area contributed by atoms with Gasteiger partial charge in [0.25, 0.3) is 0 Å². The van der Waals surface area contributed by atoms with E-state index in [9.17, 15) is 4.79 Å². The van der Waals surface area contributed by atoms with E-state index >= 15 is 0 Å². The normalized spacial score (nSPS) is 41.1. The molecule has 4 atom stereocenters. The first-order chi connectivity index (χ1) is 8.59. The summed E-state index contributed by atoms with van der Waals surface area (Å²) in [5, 5.41) is 3.43. The van der Waals surface area contributed by atoms with E-state index in [1.807, 2.05) is 6.92 Å². The van der Waals surface area contributed by atoms with E-state index in [1.54, 1.807) is 0 Å². The summed E-state index contributed by atoms with van der Waals surface area (Å²) in [4.78, 5) is 14.5. The number of carbonyl (C=O) groups excluding carboxylic acids is 1. The van der Waals surface area contributed by atoms with Crippen molar-refractivity contribution in [1.82, 2.24) is 10.2 Å². The van der Waals surface area contributed by atoms with Gasteiger partial charge in [-0.05, 0) is 38.0 Å². The van der Waals surface area contributed by atoms with Crippen LogP contribution in [-0.4, -0.2) is 41.8 Å². The molecular formula is C14H24N2O2. The highest BCUT2D eigenvalue weighted by molar-refractivity contribution is 5.84. The maximum Gasteiger partial charge on any atom is 0.241 e. The molecule has 1 amide bonds. The molecular weight excluding hydrogens is 228 g/mol. The van der Waals surface area contributed by atoms with Gasteiger partial charge in [-0.25, -0.2) is 0 Å². The Kier molecular flexibility index (Phi) is 3.10. The Morgan fingerprint density at radius 3 is 2.67 bits per heavy atom. The molecule has 18 heavy (non-hydrogen) atoms. The van der Waals surface area contributed by atoms with Crippen LogP contribution in [-0.2, 0) is 9.53 Å². The third kappa shape index (κ3) is 1.95. The number of amides is 1. The van der Waals surface area contributed by atoms with Crippen molar-refractivity contribution in [3.05, 3.63) is 0 Å². The van der Waals surface area contributed by atoms with E-state index in [4.69, 9.17) is 4.74 Å². The zero-order valence-corrected chi connectivity index (χ0v) is 11.6. The largest absolute Gasteiger partial charge is 0.376 e. The highest BCUT2D eigenvalue weighted by Gasteiger charge is 2.49. The molecule has 1 aliphatic carbocycles. The van der Waals surface area contributed by atoms with Gasteiger partial charge >= 0.3 is 0 Å². The lowest BCUT2D eigenvalue weighted by molar-refractivity contribution is -0.134. The topological polar surface area (TPSA) is 41.6 Å². The third-order valence-corrected chi connectivity index (χ3v) is 4.52. The first kappa shape index (κ1) is 12.4. The second-order valence-electron chi connectivity index (χ2n) is 6.35. The molecule has 102 valence electrons. The quantitative estimate of drug-likeness (QED) is 0.824. The van der Waals surface area contributed by atoms with Gasteiger partial charge in [0.05, 0.1) is 24.4 Å². The highest BCUT2D eigenvalue weighted by atomic mass is 16.5. The summed E-state index contributed by atoms with van der Waals surface area (Å²) >= 11 is 0. The Morgan fingerprint density at radius 1 is 1.33 bits per heavy atom. The molecule has 4 unspecified atom stereocenters. The van der Waals surface area contributed by atoms with Gasteiger partial charge in [0.2, 0.25) is 5.91 Å². The summed E-state index contributed by atoms with van der Waals surface area (Å²) in [6, 6.07) is 0.257. The van der Waals surface area contributed by atoms with Crippen LogP contribution in [0.15, 0.2) is 0 Å². The van der Waals surface area contributed by atoms with Crippen molar-refractivity contribution in [2.45, 2.75) is 64.4 Å². The molecule has 2 aliphatic heterocycles. The predicted molar refractivity (Wildman–Crippen MR) is 68.9 cm³/mol. The summed E-state index contributed by atoms with van der Waals surface area (Å²) in [5.74, 6) is 1.41. The molecule has 2 saturated heterocycles. The molecule has 1 N–H and O–H groups in total. The Hall–Kier alpha value is -0.610. The van der Waals surface area contributed by atoms with Gasteiger partial charge in [0.1, 0.15) is 0 Å². The first-order valence-electron chi connectivity index (χ1n) is 7.29. The second-order valence-corrected chi connectivity index (χ2v) is 6.35. The minimum absolute atomic E-state index is 0.0437. The third-order valence-electron chi connectivity index (χ3n) is 4.52. The van der Waals surface area contributed by atoms with Gasteiger partial charge in [-0.3, -0.25) is 10.1 Å². The summed E-state index contributed by atoms with van der Waals surface area (Å²) in [6.07, 6.45) is 4.03. The zero-order chi connectivity index (χ0) is 12.9. The maximum absolute atomic E-state index is 12.4. The first-order valence-corrected chi connectivity index (χ1v) is 7.29. The summed E-state index contributed by atoms with van der Waals surface area (Å²) in [7, 11) is 0. The molecule has 0 aromatic heterocycles. The Morgan fingerprint density at radius 2 is 2.06 bits per heavy atom. The second kappa shape index (κ2) is 4.49. The van der Waals surface area contributed by atoms with Crippen molar-refractivity contribution < 1.29 is 9.53 Å². The SMILES string of the molecule is CC1NC(C(C)C)N(C2CCOC2C2CC2)C1=O. The average Bonchev–Trinajstić information content (AvgIpc) is 2.99. The van der Waals surface area contributed by atoms with Crippen LogP contribution in [0.25, 0.3) is 0 Å². The van der Waals surface area contributed by atoms with E-state index in [-0.39, 0.29) is 18.1 Å². The van der Waals surface area contributed by atoms with Gasteiger partial charge in [-0.15, -0.1) is 0 Å². The van der Waals surface area contributed by atoms with Crippen molar-refractivity contribution in [3.8, 4) is 0 Å². The number of carbonyl (C=O) groups is 1. The lowest BCUT2D eigenvalue weighted by Gasteiger charge is -2.35. The van der Waals surface area contributed by atoms with Gasteiger partial charge in [-0.2, -0.15) is 0 Å². The molecule has 1 saturated carbocycles. The van der Waals surface area contributed by atoms with Crippen molar-refractivity contribution in [2.75, 3.05) is 6.61 Å². The zero-order valence-electron chi connectivity index (χ0n) is 11.6. The molecule has 0 aromatic rings. The van der Waals surface area contributed by atoms with Crippen molar-refractivity contribution >= 4 is 5.91 Å². The lowest BCUT2D eigenvalue weighted by Crippen LogP contribution is -2.50. The molecule has 0 aromatic carbocycles. The van der Waals surface area contributed by atoms with Crippen LogP contribution in [0, 0.1) is 11.8 Å². The van der Waals surface area contributed by atoms with Gasteiger partial charge < -0.3 is 9.64 Å². The number of nitrogens with one attached hydrogen (secondary N) is 1. The maximum atomic E-state index is 12.4. The van der Waals surface area contributed by atoms with Gasteiger partial charge in [-0.1, -0.05) is 13.8 Å². The van der Waals surface area contributed by atoms with Crippen LogP contribution in [0.3, 0.4) is 0 Å². The summed E-state index contributed by atoms with van der Waals surface area (Å²) < 4.78 is 5.89. The van der Waals surface area contributed by atoms with Crippen LogP contribution < -0.4 is 5.32 Å². The van der Waals surface area contributed by atoms with Crippen molar-refractivity contribution in [1.29, 1.82) is 0 Å². The number of nitrogens with zero attached hydrogens (tertiary/aromatic N) is 1. The molecule has 4 nitrogen and oxygen atoms in total. The fourth-order valence-corrected chi connectivity index (χ4v) is 3.42. The number of hydrogen-bond donors (Lipinski definition) is 1. The van der Waals surface area contributed by atoms with E-state index < -0.39 is 0 Å². The summed E-state index contributed by atoms with van der Waals surface area (Å²) in [5.41, 5.74) is 0. The molecule has 2 heterocycles. The highest BCUT2D eigenvalue weighted by Crippen LogP contribution is 2.41. The number of ether oxygens (including phenoxy) is 1. The van der Waals surface area contributed by atoms with E-state index in [0.717, 1.165) is 13.0 Å². The Bertz CT molecular complexity index is 341. The number of hydrogen-bond acceptors (Lipinski definition) is 3. The minimum Gasteiger partial charge on any atom is -0.376 e. The molecule has 0 spiro atoms. The predicted octanol–water partition coefficient (Wildman–Crippen LogP) is 1.36. The number of rotatable bonds is 3. The minimum atomic E-state index is -0.0437. The standard InChI is InChI=1S/C14H24N2O2/c1-8(2)13-15-9(3)14(17)16(13)11-6-7-18-12(11)10-4-5-10/h8-13,15H,4-7H2,1-3H3. The van der Waals surface area contributed by atoms with Crippen molar-refractivity contribution in [2.24, 2.45) is 11.8 Å². The molecule has 0 bridgehead atoms. The Balaban J connectivity index is 1.81. The van der Waals surface area contributed by atoms with Crippen LogP contribution in [0.2, 0.25) is 0 Å². The fraction of sp³-hybridized carbons (Fsp3) is 0.929. The lowest BCUT2D eigenvalue weighted by atomic mass is 10.0. The van der Waals surface area contributed by atoms with Crippen LogP contribution in [0.4, 0.5) is 0 Å². The molecule has 0 radical (unpaired) electrons. The van der Waals surface area contributed by atoms with Gasteiger partial charge in [0, 0.05) is 6.61 Å². The van der Waals surface area contributed by atoms with Gasteiger partial charge in [0.15, 0.2) is 0 Å². The van der Waals surface area contributed by atoms with E-state index in [2.05, 4.69) is 24.1 Å². The molecule has 4 heteroatoms. The van der Waals surface area contributed by atoms with Crippen LogP contribution in [0.1, 0.15) is 40.0 Å². The molecule has 3 rings (SSSR count). The summed E-state index contributed by atoms with van der Waals surface area (Å²) in [6.45, 7) is 7.14. The smallest absolute Gasteiger partial charge is 0.241 e. The monoisotopic (exact) mass is 252 g/mol. The van der Waals surface area contributed by atoms with E-state index in [0.29, 0.717) is 24.0 Å². The van der Waals surface area contributed by atoms with E-state index in [1.165, 1.54) is 12.8 Å².